The molecule has 0 aromatic heterocycles. The maximum Gasteiger partial charge on any atom is 0.104 e. The van der Waals surface area contributed by atoms with Gasteiger partial charge >= 0.3 is 0 Å². The molecule has 0 N–H and O–H groups in total. The monoisotopic (exact) mass is 324 g/mol. The summed E-state index contributed by atoms with van der Waals surface area (Å²) < 4.78 is 10.7. The van der Waals surface area contributed by atoms with E-state index in [9.17, 15) is 0 Å². The molecule has 1 aliphatic heterocycles. The Morgan fingerprint density at radius 3 is 1.87 bits per heavy atom. The van der Waals surface area contributed by atoms with E-state index in [0.717, 1.165) is 25.7 Å². The molecular weight excluding hydrogens is 284 g/mol. The minimum atomic E-state index is 0.428. The second-order valence-corrected chi connectivity index (χ2v) is 7.86. The van der Waals surface area contributed by atoms with Crippen molar-refractivity contribution < 1.29 is 9.47 Å². The largest absolute Gasteiger partial charge is 0.379 e. The van der Waals surface area contributed by atoms with Gasteiger partial charge in [0.1, 0.15) is 6.10 Å². The number of ether oxygens (including phenoxy) is 2. The highest BCUT2D eigenvalue weighted by molar-refractivity contribution is 4.67. The Bertz CT molecular complexity index is 255. The molecule has 1 saturated heterocycles. The zero-order chi connectivity index (χ0) is 16.0. The number of epoxide rings is 1. The van der Waals surface area contributed by atoms with Crippen LogP contribution in [0.2, 0.25) is 0 Å². The van der Waals surface area contributed by atoms with Crippen LogP contribution in [0.5, 0.6) is 0 Å². The summed E-state index contributed by atoms with van der Waals surface area (Å²) in [4.78, 5) is 0. The third kappa shape index (κ3) is 11.2. The zero-order valence-corrected chi connectivity index (χ0v) is 15.4. The highest BCUT2D eigenvalue weighted by Crippen LogP contribution is 2.27. The van der Waals surface area contributed by atoms with Crippen LogP contribution in [0.1, 0.15) is 103 Å². The van der Waals surface area contributed by atoms with Crippen molar-refractivity contribution in [3.8, 4) is 0 Å². The van der Waals surface area contributed by atoms with Gasteiger partial charge in [-0.1, -0.05) is 96.3 Å². The van der Waals surface area contributed by atoms with Crippen molar-refractivity contribution >= 4 is 0 Å². The summed E-state index contributed by atoms with van der Waals surface area (Å²) in [6.45, 7) is 2.67. The first-order chi connectivity index (χ1) is 11.4. The van der Waals surface area contributed by atoms with Crippen molar-refractivity contribution in [3.63, 3.8) is 0 Å². The van der Waals surface area contributed by atoms with Crippen molar-refractivity contribution in [2.24, 2.45) is 5.92 Å². The third-order valence-corrected chi connectivity index (χ3v) is 5.58. The van der Waals surface area contributed by atoms with Crippen molar-refractivity contribution in [2.75, 3.05) is 19.8 Å². The van der Waals surface area contributed by atoms with Gasteiger partial charge in [-0.3, -0.25) is 0 Å². The second-order valence-electron chi connectivity index (χ2n) is 7.86. The van der Waals surface area contributed by atoms with Crippen LogP contribution >= 0.6 is 0 Å². The van der Waals surface area contributed by atoms with Crippen LogP contribution in [0.3, 0.4) is 0 Å². The average Bonchev–Trinajstić information content (AvgIpc) is 3.39. The minimum Gasteiger partial charge on any atom is -0.379 e. The lowest BCUT2D eigenvalue weighted by molar-refractivity contribution is 0.113. The van der Waals surface area contributed by atoms with E-state index in [-0.39, 0.29) is 0 Å². The number of hydrogen-bond acceptors (Lipinski definition) is 2. The van der Waals surface area contributed by atoms with Gasteiger partial charge < -0.3 is 9.47 Å². The van der Waals surface area contributed by atoms with Gasteiger partial charge in [-0.2, -0.15) is 0 Å². The topological polar surface area (TPSA) is 21.8 Å². The standard InChI is InChI=1S/C21H40O2/c1(3-5-9-13-17-22-18-21-19-23-21)2-4-6-10-14-20-15-11-7-8-12-16-20/h20-21H,1-19H2. The number of unbranched alkanes of at least 4 members (excludes halogenated alkanes) is 8. The molecule has 0 radical (unpaired) electrons. The lowest BCUT2D eigenvalue weighted by Crippen LogP contribution is -2.02. The minimum absolute atomic E-state index is 0.428. The van der Waals surface area contributed by atoms with Gasteiger partial charge in [0.25, 0.3) is 0 Å². The Hall–Kier alpha value is -0.0800. The van der Waals surface area contributed by atoms with Crippen LogP contribution in [-0.4, -0.2) is 25.9 Å². The van der Waals surface area contributed by atoms with Gasteiger partial charge in [0, 0.05) is 6.61 Å². The maximum absolute atomic E-state index is 5.56. The third-order valence-electron chi connectivity index (χ3n) is 5.58. The molecule has 0 bridgehead atoms. The molecule has 2 heteroatoms. The molecule has 1 heterocycles. The zero-order valence-electron chi connectivity index (χ0n) is 15.4. The Labute approximate surface area is 144 Å². The van der Waals surface area contributed by atoms with Crippen LogP contribution in [0.25, 0.3) is 0 Å². The van der Waals surface area contributed by atoms with E-state index >= 15 is 0 Å². The predicted molar refractivity (Wildman–Crippen MR) is 97.9 cm³/mol. The molecule has 0 aromatic carbocycles. The molecule has 2 fully saturated rings. The molecule has 2 aliphatic rings. The molecule has 1 aliphatic carbocycles. The molecule has 23 heavy (non-hydrogen) atoms. The molecular formula is C21H40O2. The van der Waals surface area contributed by atoms with Crippen LogP contribution in [-0.2, 0) is 9.47 Å². The first-order valence-corrected chi connectivity index (χ1v) is 10.6. The van der Waals surface area contributed by atoms with Gasteiger partial charge in [-0.05, 0) is 12.3 Å². The van der Waals surface area contributed by atoms with Gasteiger partial charge in [-0.25, -0.2) is 0 Å². The molecule has 0 amide bonds. The van der Waals surface area contributed by atoms with Gasteiger partial charge in [0.15, 0.2) is 0 Å². The van der Waals surface area contributed by atoms with Crippen LogP contribution < -0.4 is 0 Å². The fraction of sp³-hybridized carbons (Fsp3) is 1.00. The first-order valence-electron chi connectivity index (χ1n) is 10.6. The molecule has 136 valence electrons. The van der Waals surface area contributed by atoms with E-state index in [4.69, 9.17) is 9.47 Å². The van der Waals surface area contributed by atoms with E-state index in [1.807, 2.05) is 0 Å². The highest BCUT2D eigenvalue weighted by Gasteiger charge is 2.21. The van der Waals surface area contributed by atoms with Gasteiger partial charge in [0.2, 0.25) is 0 Å². The Morgan fingerprint density at radius 2 is 1.26 bits per heavy atom. The van der Waals surface area contributed by atoms with E-state index in [1.54, 1.807) is 0 Å². The molecule has 0 aromatic rings. The summed E-state index contributed by atoms with van der Waals surface area (Å²) in [7, 11) is 0. The molecule has 2 nitrogen and oxygen atoms in total. The van der Waals surface area contributed by atoms with Crippen molar-refractivity contribution in [2.45, 2.75) is 109 Å². The summed E-state index contributed by atoms with van der Waals surface area (Å²) in [5.41, 5.74) is 0. The lowest BCUT2D eigenvalue weighted by atomic mass is 9.93. The number of rotatable bonds is 14. The Balaban J connectivity index is 1.24. The number of hydrogen-bond donors (Lipinski definition) is 0. The maximum atomic E-state index is 5.56. The molecule has 1 atom stereocenters. The predicted octanol–water partition coefficient (Wildman–Crippen LogP) is 6.27. The van der Waals surface area contributed by atoms with Crippen LogP contribution in [0, 0.1) is 5.92 Å². The van der Waals surface area contributed by atoms with Crippen LogP contribution in [0.15, 0.2) is 0 Å². The lowest BCUT2D eigenvalue weighted by Gasteiger charge is -2.13. The fourth-order valence-electron chi connectivity index (χ4n) is 3.91. The highest BCUT2D eigenvalue weighted by atomic mass is 16.6. The van der Waals surface area contributed by atoms with Crippen molar-refractivity contribution in [1.29, 1.82) is 0 Å². The SMILES string of the molecule is C(CCCCCOCC1CO1)CCCCCC1CCCCCC1. The smallest absolute Gasteiger partial charge is 0.104 e. The Kier molecular flexibility index (Phi) is 11.1. The van der Waals surface area contributed by atoms with E-state index in [0.29, 0.717) is 6.10 Å². The van der Waals surface area contributed by atoms with Crippen molar-refractivity contribution in [3.05, 3.63) is 0 Å². The van der Waals surface area contributed by atoms with E-state index < -0.39 is 0 Å². The normalized spacial score (nSPS) is 22.2. The van der Waals surface area contributed by atoms with E-state index in [2.05, 4.69) is 0 Å². The summed E-state index contributed by atoms with van der Waals surface area (Å²) in [6, 6.07) is 0. The van der Waals surface area contributed by atoms with Crippen LogP contribution in [0.4, 0.5) is 0 Å². The fourth-order valence-corrected chi connectivity index (χ4v) is 3.91. The summed E-state index contributed by atoms with van der Waals surface area (Å²) in [6.07, 6.45) is 23.7. The quantitative estimate of drug-likeness (QED) is 0.213. The van der Waals surface area contributed by atoms with Gasteiger partial charge in [-0.15, -0.1) is 0 Å². The molecule has 1 unspecified atom stereocenters. The summed E-state index contributed by atoms with van der Waals surface area (Å²) in [5.74, 6) is 1.08. The van der Waals surface area contributed by atoms with Crippen molar-refractivity contribution in [1.82, 2.24) is 0 Å². The molecule has 2 rings (SSSR count). The first kappa shape index (κ1) is 19.2. The molecule has 0 spiro atoms. The molecule has 1 saturated carbocycles. The average molecular weight is 325 g/mol. The van der Waals surface area contributed by atoms with Gasteiger partial charge in [0.05, 0.1) is 13.2 Å². The summed E-state index contributed by atoms with van der Waals surface area (Å²) >= 11 is 0. The summed E-state index contributed by atoms with van der Waals surface area (Å²) in [5, 5.41) is 0. The Morgan fingerprint density at radius 1 is 0.696 bits per heavy atom. The second kappa shape index (κ2) is 13.2. The van der Waals surface area contributed by atoms with E-state index in [1.165, 1.54) is 103 Å².